The summed E-state index contributed by atoms with van der Waals surface area (Å²) in [6.07, 6.45) is 0.356. The van der Waals surface area contributed by atoms with Crippen molar-refractivity contribution in [2.24, 2.45) is 0 Å². The van der Waals surface area contributed by atoms with Crippen molar-refractivity contribution in [1.29, 1.82) is 0 Å². The highest BCUT2D eigenvalue weighted by atomic mass is 35.5. The zero-order chi connectivity index (χ0) is 23.8. The van der Waals surface area contributed by atoms with E-state index < -0.39 is 0 Å². The lowest BCUT2D eigenvalue weighted by Crippen LogP contribution is -2.35. The number of benzene rings is 1. The average molecular weight is 484 g/mol. The molecule has 34 heavy (non-hydrogen) atoms. The summed E-state index contributed by atoms with van der Waals surface area (Å²) in [7, 11) is 1.94. The number of aromatic amines is 1. The SMILES string of the molecule is Cc1cc(N(C)c2cc(CN3CCOCC3)c3nc(C)c(Cc4ccc(Cl)cc4F)n3n2)n[nH]1. The average Bonchev–Trinajstić information content (AvgIpc) is 3.39. The van der Waals surface area contributed by atoms with Crippen molar-refractivity contribution >= 4 is 28.9 Å². The first-order chi connectivity index (χ1) is 16.4. The van der Waals surface area contributed by atoms with E-state index in [-0.39, 0.29) is 5.82 Å². The predicted octanol–water partition coefficient (Wildman–Crippen LogP) is 4.05. The molecular formula is C24H27ClFN7O. The summed E-state index contributed by atoms with van der Waals surface area (Å²) in [5.74, 6) is 1.16. The zero-order valence-corrected chi connectivity index (χ0v) is 20.2. The number of imidazole rings is 1. The molecule has 1 N–H and O–H groups in total. The van der Waals surface area contributed by atoms with Gasteiger partial charge in [-0.2, -0.15) is 5.10 Å². The molecule has 1 aliphatic heterocycles. The van der Waals surface area contributed by atoms with Gasteiger partial charge in [-0.3, -0.25) is 10.00 Å². The molecule has 3 aromatic heterocycles. The number of anilines is 2. The summed E-state index contributed by atoms with van der Waals surface area (Å²) in [5.41, 5.74) is 5.01. The zero-order valence-electron chi connectivity index (χ0n) is 19.5. The molecule has 0 unspecified atom stereocenters. The van der Waals surface area contributed by atoms with Crippen molar-refractivity contribution in [2.75, 3.05) is 38.3 Å². The van der Waals surface area contributed by atoms with Crippen LogP contribution in [0.15, 0.2) is 30.3 Å². The van der Waals surface area contributed by atoms with Crippen LogP contribution in [-0.2, 0) is 17.7 Å². The van der Waals surface area contributed by atoms with Gasteiger partial charge in [0.25, 0.3) is 0 Å². The van der Waals surface area contributed by atoms with Gasteiger partial charge in [0.1, 0.15) is 5.82 Å². The van der Waals surface area contributed by atoms with Crippen molar-refractivity contribution < 1.29 is 9.13 Å². The van der Waals surface area contributed by atoms with Crippen molar-refractivity contribution in [3.63, 3.8) is 0 Å². The Morgan fingerprint density at radius 1 is 1.12 bits per heavy atom. The van der Waals surface area contributed by atoms with Crippen LogP contribution < -0.4 is 4.90 Å². The third-order valence-corrected chi connectivity index (χ3v) is 6.43. The Morgan fingerprint density at radius 3 is 2.62 bits per heavy atom. The lowest BCUT2D eigenvalue weighted by atomic mass is 10.1. The number of fused-ring (bicyclic) bond motifs is 1. The van der Waals surface area contributed by atoms with E-state index in [9.17, 15) is 4.39 Å². The first kappa shape index (κ1) is 22.8. The molecular weight excluding hydrogens is 457 g/mol. The number of morpholine rings is 1. The number of hydrogen-bond donors (Lipinski definition) is 1. The van der Waals surface area contributed by atoms with Gasteiger partial charge in [-0.15, -0.1) is 5.10 Å². The second-order valence-electron chi connectivity index (χ2n) is 8.68. The largest absolute Gasteiger partial charge is 0.379 e. The molecule has 5 rings (SSSR count). The molecule has 178 valence electrons. The van der Waals surface area contributed by atoms with Crippen molar-refractivity contribution in [2.45, 2.75) is 26.8 Å². The van der Waals surface area contributed by atoms with E-state index in [0.717, 1.165) is 72.8 Å². The highest BCUT2D eigenvalue weighted by Crippen LogP contribution is 2.27. The van der Waals surface area contributed by atoms with Crippen molar-refractivity contribution in [3.8, 4) is 0 Å². The lowest BCUT2D eigenvalue weighted by Gasteiger charge is -2.27. The van der Waals surface area contributed by atoms with E-state index in [1.807, 2.05) is 36.4 Å². The quantitative estimate of drug-likeness (QED) is 0.446. The standard InChI is InChI=1S/C24H27ClFN7O/c1-15-10-22(29-28-15)31(3)23-12-18(14-32-6-8-34-9-7-32)24-27-16(2)21(33(24)30-23)11-17-4-5-19(25)13-20(17)26/h4-5,10,12-13H,6-9,11,14H2,1-3H3,(H,28,29). The number of aryl methyl sites for hydroxylation is 2. The second kappa shape index (κ2) is 9.32. The molecule has 1 aliphatic rings. The molecule has 0 radical (unpaired) electrons. The fourth-order valence-electron chi connectivity index (χ4n) is 4.24. The van der Waals surface area contributed by atoms with Gasteiger partial charge in [0, 0.05) is 55.4 Å². The molecule has 0 atom stereocenters. The monoisotopic (exact) mass is 483 g/mol. The molecule has 1 fully saturated rings. The Balaban J connectivity index is 1.61. The molecule has 4 aromatic rings. The molecule has 4 heterocycles. The van der Waals surface area contributed by atoms with Crippen LogP contribution >= 0.6 is 11.6 Å². The molecule has 0 saturated carbocycles. The van der Waals surface area contributed by atoms with E-state index in [2.05, 4.69) is 21.2 Å². The van der Waals surface area contributed by atoms with E-state index in [1.54, 1.807) is 12.1 Å². The first-order valence-electron chi connectivity index (χ1n) is 11.3. The van der Waals surface area contributed by atoms with Crippen molar-refractivity contribution in [3.05, 3.63) is 69.4 Å². The van der Waals surface area contributed by atoms with Crippen LogP contribution in [0.1, 0.15) is 28.2 Å². The Morgan fingerprint density at radius 2 is 1.91 bits per heavy atom. The fraction of sp³-hybridized carbons (Fsp3) is 0.375. The molecule has 0 spiro atoms. The van der Waals surface area contributed by atoms with Crippen LogP contribution in [0.4, 0.5) is 16.0 Å². The number of aromatic nitrogens is 5. The van der Waals surface area contributed by atoms with Gasteiger partial charge in [-0.1, -0.05) is 17.7 Å². The van der Waals surface area contributed by atoms with Crippen LogP contribution in [-0.4, -0.2) is 63.0 Å². The van der Waals surface area contributed by atoms with Gasteiger partial charge in [0.05, 0.1) is 24.6 Å². The van der Waals surface area contributed by atoms with Gasteiger partial charge in [0.15, 0.2) is 17.3 Å². The number of H-pyrrole nitrogens is 1. The Bertz CT molecular complexity index is 1330. The van der Waals surface area contributed by atoms with Gasteiger partial charge >= 0.3 is 0 Å². The normalized spacial score (nSPS) is 14.7. The third-order valence-electron chi connectivity index (χ3n) is 6.19. The van der Waals surface area contributed by atoms with E-state index in [0.29, 0.717) is 17.0 Å². The lowest BCUT2D eigenvalue weighted by molar-refractivity contribution is 0.0343. The van der Waals surface area contributed by atoms with Crippen LogP contribution in [0.2, 0.25) is 5.02 Å². The van der Waals surface area contributed by atoms with E-state index in [4.69, 9.17) is 26.4 Å². The smallest absolute Gasteiger partial charge is 0.158 e. The highest BCUT2D eigenvalue weighted by molar-refractivity contribution is 6.30. The molecule has 8 nitrogen and oxygen atoms in total. The fourth-order valence-corrected chi connectivity index (χ4v) is 4.40. The van der Waals surface area contributed by atoms with Crippen LogP contribution in [0, 0.1) is 19.7 Å². The Hall–Kier alpha value is -3.01. The maximum Gasteiger partial charge on any atom is 0.158 e. The third kappa shape index (κ3) is 4.51. The van der Waals surface area contributed by atoms with Gasteiger partial charge in [-0.25, -0.2) is 13.9 Å². The summed E-state index contributed by atoms with van der Waals surface area (Å²) in [6, 6.07) is 8.79. The predicted molar refractivity (Wildman–Crippen MR) is 129 cm³/mol. The number of ether oxygens (including phenoxy) is 1. The summed E-state index contributed by atoms with van der Waals surface area (Å²) < 4.78 is 22.0. The maximum atomic E-state index is 14.6. The minimum absolute atomic E-state index is 0.337. The van der Waals surface area contributed by atoms with E-state index in [1.165, 1.54) is 6.07 Å². The number of halogens is 2. The summed E-state index contributed by atoms with van der Waals surface area (Å²) in [6.45, 7) is 7.78. The minimum Gasteiger partial charge on any atom is -0.379 e. The summed E-state index contributed by atoms with van der Waals surface area (Å²) in [4.78, 5) is 9.14. The minimum atomic E-state index is -0.337. The van der Waals surface area contributed by atoms with Crippen LogP contribution in [0.3, 0.4) is 0 Å². The summed E-state index contributed by atoms with van der Waals surface area (Å²) >= 11 is 5.96. The summed E-state index contributed by atoms with van der Waals surface area (Å²) in [5, 5.41) is 12.7. The maximum absolute atomic E-state index is 14.6. The number of rotatable bonds is 6. The molecule has 10 heteroatoms. The Kier molecular flexibility index (Phi) is 6.24. The topological polar surface area (TPSA) is 74.6 Å². The second-order valence-corrected chi connectivity index (χ2v) is 9.11. The molecule has 0 amide bonds. The van der Waals surface area contributed by atoms with E-state index >= 15 is 0 Å². The number of nitrogens with one attached hydrogen (secondary N) is 1. The van der Waals surface area contributed by atoms with Gasteiger partial charge in [0.2, 0.25) is 0 Å². The molecule has 1 saturated heterocycles. The van der Waals surface area contributed by atoms with Gasteiger partial charge < -0.3 is 9.64 Å². The van der Waals surface area contributed by atoms with Crippen molar-refractivity contribution in [1.82, 2.24) is 29.7 Å². The Labute approximate surface area is 202 Å². The molecule has 1 aromatic carbocycles. The number of hydrogen-bond acceptors (Lipinski definition) is 6. The van der Waals surface area contributed by atoms with Crippen LogP contribution in [0.5, 0.6) is 0 Å². The number of nitrogens with zero attached hydrogens (tertiary/aromatic N) is 6. The van der Waals surface area contributed by atoms with Gasteiger partial charge in [-0.05, 0) is 37.6 Å². The molecule has 0 aliphatic carbocycles. The first-order valence-corrected chi connectivity index (χ1v) is 11.6. The van der Waals surface area contributed by atoms with Crippen LogP contribution in [0.25, 0.3) is 5.65 Å². The highest BCUT2D eigenvalue weighted by Gasteiger charge is 2.21. The molecule has 0 bridgehead atoms.